The first-order valence-corrected chi connectivity index (χ1v) is 7.91. The molecule has 0 saturated heterocycles. The highest BCUT2D eigenvalue weighted by Gasteiger charge is 1.93. The minimum Gasteiger partial charge on any atom is -0.394 e. The Bertz CT molecular complexity index is 162. The van der Waals surface area contributed by atoms with Gasteiger partial charge < -0.3 is 28.8 Å². The smallest absolute Gasteiger partial charge is 0.0701 e. The van der Waals surface area contributed by atoms with Crippen LogP contribution in [0.15, 0.2) is 0 Å². The number of unbranched alkanes of at least 4 members (excludes halogenated alkanes) is 2. The highest BCUT2D eigenvalue weighted by molar-refractivity contribution is 4.38. The molecule has 6 heteroatoms. The highest BCUT2D eigenvalue weighted by atomic mass is 16.6. The van der Waals surface area contributed by atoms with Crippen molar-refractivity contribution in [3.05, 3.63) is 0 Å². The van der Waals surface area contributed by atoms with E-state index in [-0.39, 0.29) is 6.61 Å². The molecule has 21 heavy (non-hydrogen) atoms. The van der Waals surface area contributed by atoms with Crippen LogP contribution in [0.3, 0.4) is 0 Å². The summed E-state index contributed by atoms with van der Waals surface area (Å²) in [4.78, 5) is 0. The third kappa shape index (κ3) is 19.8. The molecule has 0 heterocycles. The zero-order valence-electron chi connectivity index (χ0n) is 13.4. The van der Waals surface area contributed by atoms with Crippen molar-refractivity contribution in [1.29, 1.82) is 0 Å². The number of aliphatic hydroxyl groups is 1. The van der Waals surface area contributed by atoms with Gasteiger partial charge in [-0.15, -0.1) is 0 Å². The summed E-state index contributed by atoms with van der Waals surface area (Å²) in [6.45, 7) is 7.96. The summed E-state index contributed by atoms with van der Waals surface area (Å²) in [5.41, 5.74) is 0. The standard InChI is InChI=1S/C15H32O6/c1-2-3-4-6-17-8-10-19-12-14-21-15-13-20-11-9-18-7-5-16/h16H,2-15H2,1H3. The quantitative estimate of drug-likeness (QED) is 0.384. The molecule has 0 aliphatic heterocycles. The van der Waals surface area contributed by atoms with Crippen LogP contribution in [-0.2, 0) is 23.7 Å². The summed E-state index contributed by atoms with van der Waals surface area (Å²) >= 11 is 0. The fourth-order valence-electron chi connectivity index (χ4n) is 1.50. The van der Waals surface area contributed by atoms with Crippen LogP contribution >= 0.6 is 0 Å². The Morgan fingerprint density at radius 2 is 0.905 bits per heavy atom. The first-order valence-electron chi connectivity index (χ1n) is 7.91. The Morgan fingerprint density at radius 3 is 1.29 bits per heavy atom. The van der Waals surface area contributed by atoms with Gasteiger partial charge in [0.05, 0.1) is 66.1 Å². The topological polar surface area (TPSA) is 66.4 Å². The summed E-state index contributed by atoms with van der Waals surface area (Å²) in [6.07, 6.45) is 3.57. The molecule has 0 fully saturated rings. The van der Waals surface area contributed by atoms with E-state index in [0.29, 0.717) is 59.5 Å². The van der Waals surface area contributed by atoms with E-state index in [4.69, 9.17) is 28.8 Å². The average molecular weight is 308 g/mol. The number of hydrogen-bond donors (Lipinski definition) is 1. The van der Waals surface area contributed by atoms with E-state index >= 15 is 0 Å². The van der Waals surface area contributed by atoms with Gasteiger partial charge in [-0.05, 0) is 6.42 Å². The second-order valence-electron chi connectivity index (χ2n) is 4.49. The molecule has 0 atom stereocenters. The van der Waals surface area contributed by atoms with Gasteiger partial charge in [0.1, 0.15) is 0 Å². The van der Waals surface area contributed by atoms with Crippen LogP contribution in [0.1, 0.15) is 26.2 Å². The largest absolute Gasteiger partial charge is 0.394 e. The Morgan fingerprint density at radius 1 is 0.524 bits per heavy atom. The summed E-state index contributed by atoms with van der Waals surface area (Å²) < 4.78 is 26.5. The molecule has 128 valence electrons. The molecule has 0 unspecified atom stereocenters. The molecule has 0 rings (SSSR count). The van der Waals surface area contributed by atoms with Crippen LogP contribution in [0.5, 0.6) is 0 Å². The van der Waals surface area contributed by atoms with E-state index < -0.39 is 0 Å². The van der Waals surface area contributed by atoms with Gasteiger partial charge in [-0.1, -0.05) is 19.8 Å². The van der Waals surface area contributed by atoms with Crippen molar-refractivity contribution in [3.8, 4) is 0 Å². The molecular weight excluding hydrogens is 276 g/mol. The molecule has 0 amide bonds. The van der Waals surface area contributed by atoms with E-state index in [9.17, 15) is 0 Å². The molecule has 1 N–H and O–H groups in total. The van der Waals surface area contributed by atoms with Crippen molar-refractivity contribution < 1.29 is 28.8 Å². The summed E-state index contributed by atoms with van der Waals surface area (Å²) in [6, 6.07) is 0. The molecule has 0 aromatic carbocycles. The van der Waals surface area contributed by atoms with Crippen molar-refractivity contribution in [2.45, 2.75) is 26.2 Å². The van der Waals surface area contributed by atoms with E-state index in [1.54, 1.807) is 0 Å². The van der Waals surface area contributed by atoms with E-state index in [0.717, 1.165) is 13.0 Å². The molecular formula is C15H32O6. The zero-order valence-corrected chi connectivity index (χ0v) is 13.4. The Balaban J connectivity index is 2.90. The van der Waals surface area contributed by atoms with Crippen LogP contribution < -0.4 is 0 Å². The molecule has 0 aliphatic carbocycles. The molecule has 0 spiro atoms. The summed E-state index contributed by atoms with van der Waals surface area (Å²) in [5.74, 6) is 0. The normalized spacial score (nSPS) is 11.1. The van der Waals surface area contributed by atoms with Crippen molar-refractivity contribution in [2.24, 2.45) is 0 Å². The molecule has 0 aromatic rings. The monoisotopic (exact) mass is 308 g/mol. The average Bonchev–Trinajstić information content (AvgIpc) is 2.50. The Kier molecular flexibility index (Phi) is 19.5. The van der Waals surface area contributed by atoms with E-state index in [1.807, 2.05) is 0 Å². The summed E-state index contributed by atoms with van der Waals surface area (Å²) in [5, 5.41) is 8.49. The van der Waals surface area contributed by atoms with Crippen molar-refractivity contribution >= 4 is 0 Å². The lowest BCUT2D eigenvalue weighted by molar-refractivity contribution is -0.0134. The third-order valence-corrected chi connectivity index (χ3v) is 2.62. The fourth-order valence-corrected chi connectivity index (χ4v) is 1.50. The van der Waals surface area contributed by atoms with Gasteiger partial charge in [0.15, 0.2) is 0 Å². The maximum Gasteiger partial charge on any atom is 0.0701 e. The van der Waals surface area contributed by atoms with Gasteiger partial charge >= 0.3 is 0 Å². The van der Waals surface area contributed by atoms with Gasteiger partial charge in [-0.3, -0.25) is 0 Å². The zero-order chi connectivity index (χ0) is 15.4. The minimum atomic E-state index is 0.0485. The van der Waals surface area contributed by atoms with Gasteiger partial charge in [0, 0.05) is 6.61 Å². The first-order chi connectivity index (χ1) is 10.4. The lowest BCUT2D eigenvalue weighted by Gasteiger charge is -2.07. The van der Waals surface area contributed by atoms with Gasteiger partial charge in [-0.2, -0.15) is 0 Å². The second kappa shape index (κ2) is 19.8. The molecule has 0 bridgehead atoms. The van der Waals surface area contributed by atoms with Crippen LogP contribution in [0.4, 0.5) is 0 Å². The third-order valence-electron chi connectivity index (χ3n) is 2.62. The number of aliphatic hydroxyl groups excluding tert-OH is 1. The van der Waals surface area contributed by atoms with Crippen LogP contribution in [0, 0.1) is 0 Å². The Labute approximate surface area is 128 Å². The maximum absolute atomic E-state index is 8.49. The van der Waals surface area contributed by atoms with Crippen LogP contribution in [-0.4, -0.2) is 77.8 Å². The van der Waals surface area contributed by atoms with Gasteiger partial charge in [0.2, 0.25) is 0 Å². The SMILES string of the molecule is CCCCCOCCOCCOCCOCCOCCO. The molecule has 6 nitrogen and oxygen atoms in total. The van der Waals surface area contributed by atoms with Crippen molar-refractivity contribution in [3.63, 3.8) is 0 Å². The number of hydrogen-bond acceptors (Lipinski definition) is 6. The molecule has 0 aromatic heterocycles. The fraction of sp³-hybridized carbons (Fsp3) is 1.00. The van der Waals surface area contributed by atoms with Gasteiger partial charge in [0.25, 0.3) is 0 Å². The van der Waals surface area contributed by atoms with E-state index in [2.05, 4.69) is 6.92 Å². The van der Waals surface area contributed by atoms with Crippen LogP contribution in [0.25, 0.3) is 0 Å². The van der Waals surface area contributed by atoms with E-state index in [1.165, 1.54) is 12.8 Å². The number of ether oxygens (including phenoxy) is 5. The van der Waals surface area contributed by atoms with Crippen LogP contribution in [0.2, 0.25) is 0 Å². The highest BCUT2D eigenvalue weighted by Crippen LogP contribution is 1.93. The molecule has 0 saturated carbocycles. The lowest BCUT2D eigenvalue weighted by atomic mass is 10.3. The predicted molar refractivity (Wildman–Crippen MR) is 80.7 cm³/mol. The predicted octanol–water partition coefficient (Wildman–Crippen LogP) is 1.25. The Hall–Kier alpha value is -0.240. The number of rotatable bonds is 18. The first kappa shape index (κ1) is 20.8. The van der Waals surface area contributed by atoms with Gasteiger partial charge in [-0.25, -0.2) is 0 Å². The summed E-state index contributed by atoms with van der Waals surface area (Å²) in [7, 11) is 0. The minimum absolute atomic E-state index is 0.0485. The molecule has 0 aliphatic rings. The maximum atomic E-state index is 8.49. The lowest BCUT2D eigenvalue weighted by Crippen LogP contribution is -2.13. The van der Waals surface area contributed by atoms with Crippen molar-refractivity contribution in [1.82, 2.24) is 0 Å². The molecule has 0 radical (unpaired) electrons. The second-order valence-corrected chi connectivity index (χ2v) is 4.49. The van der Waals surface area contributed by atoms with Crippen molar-refractivity contribution in [2.75, 3.05) is 72.7 Å².